The molecule has 3 rings (SSSR count). The Morgan fingerprint density at radius 2 is 2.13 bits per heavy atom. The summed E-state index contributed by atoms with van der Waals surface area (Å²) in [5.41, 5.74) is 2.06. The summed E-state index contributed by atoms with van der Waals surface area (Å²) < 4.78 is 0. The highest BCUT2D eigenvalue weighted by Gasteiger charge is 2.28. The number of hydrogen-bond acceptors (Lipinski definition) is 3. The lowest BCUT2D eigenvalue weighted by Gasteiger charge is -2.22. The van der Waals surface area contributed by atoms with E-state index in [9.17, 15) is 9.90 Å². The van der Waals surface area contributed by atoms with Crippen LogP contribution in [-0.2, 0) is 0 Å². The highest BCUT2D eigenvalue weighted by molar-refractivity contribution is 6.30. The van der Waals surface area contributed by atoms with Crippen molar-refractivity contribution in [1.29, 1.82) is 0 Å². The molecule has 1 fully saturated rings. The molecule has 2 aromatic rings. The molecule has 1 aliphatic carbocycles. The zero-order chi connectivity index (χ0) is 16.4. The minimum atomic E-state index is -0.295. The van der Waals surface area contributed by atoms with Gasteiger partial charge in [-0.1, -0.05) is 30.2 Å². The maximum Gasteiger partial charge on any atom is 0.271 e. The number of aliphatic hydroxyl groups is 1. The number of aromatic amines is 1. The third-order valence-electron chi connectivity index (χ3n) is 4.42. The third kappa shape index (κ3) is 3.57. The number of aromatic nitrogens is 2. The molecule has 1 heterocycles. The highest BCUT2D eigenvalue weighted by atomic mass is 35.5. The third-order valence-corrected chi connectivity index (χ3v) is 4.67. The van der Waals surface area contributed by atoms with E-state index in [4.69, 9.17) is 11.6 Å². The number of carbonyl (C=O) groups is 1. The topological polar surface area (TPSA) is 69.2 Å². The Morgan fingerprint density at radius 3 is 2.78 bits per heavy atom. The minimum Gasteiger partial charge on any atom is -0.393 e. The number of rotatable bonds is 4. The summed E-state index contributed by atoms with van der Waals surface area (Å²) >= 11 is 5.88. The van der Waals surface area contributed by atoms with Gasteiger partial charge in [0.15, 0.2) is 0 Å². The van der Waals surface area contributed by atoms with E-state index in [1.54, 1.807) is 30.1 Å². The number of aliphatic hydroxyl groups excluding tert-OH is 1. The van der Waals surface area contributed by atoms with Gasteiger partial charge in [-0.2, -0.15) is 5.10 Å². The van der Waals surface area contributed by atoms with Gasteiger partial charge in [0.2, 0.25) is 0 Å². The molecule has 122 valence electrons. The fourth-order valence-electron chi connectivity index (χ4n) is 3.07. The zero-order valence-electron chi connectivity index (χ0n) is 13.0. The van der Waals surface area contributed by atoms with E-state index in [-0.39, 0.29) is 17.9 Å². The highest BCUT2D eigenvalue weighted by Crippen LogP contribution is 2.26. The van der Waals surface area contributed by atoms with Crippen LogP contribution in [0.25, 0.3) is 11.3 Å². The Labute approximate surface area is 140 Å². The molecule has 23 heavy (non-hydrogen) atoms. The van der Waals surface area contributed by atoms with E-state index in [0.717, 1.165) is 24.8 Å². The number of benzene rings is 1. The van der Waals surface area contributed by atoms with Crippen molar-refractivity contribution < 1.29 is 9.90 Å². The van der Waals surface area contributed by atoms with Crippen LogP contribution in [-0.4, -0.2) is 45.8 Å². The average molecular weight is 334 g/mol. The van der Waals surface area contributed by atoms with Crippen molar-refractivity contribution in [3.8, 4) is 11.3 Å². The lowest BCUT2D eigenvalue weighted by molar-refractivity contribution is 0.0688. The molecule has 2 unspecified atom stereocenters. The predicted octanol–water partition coefficient (Wildman–Crippen LogP) is 2.96. The number of H-pyrrole nitrogens is 1. The first kappa shape index (κ1) is 16.0. The Morgan fingerprint density at radius 1 is 1.39 bits per heavy atom. The number of nitrogens with one attached hydrogen (secondary N) is 1. The van der Waals surface area contributed by atoms with Gasteiger partial charge in [0, 0.05) is 30.1 Å². The van der Waals surface area contributed by atoms with Crippen LogP contribution in [0.1, 0.15) is 29.8 Å². The Balaban J connectivity index is 1.69. The molecule has 1 saturated carbocycles. The first-order valence-corrected chi connectivity index (χ1v) is 8.17. The van der Waals surface area contributed by atoms with Crippen molar-refractivity contribution in [1.82, 2.24) is 15.1 Å². The molecule has 0 spiro atoms. The Bertz CT molecular complexity index is 683. The van der Waals surface area contributed by atoms with E-state index in [0.29, 0.717) is 23.0 Å². The Kier molecular flexibility index (Phi) is 4.68. The van der Waals surface area contributed by atoms with Crippen LogP contribution in [0, 0.1) is 5.92 Å². The maximum atomic E-state index is 12.5. The Hall–Kier alpha value is -1.85. The van der Waals surface area contributed by atoms with Crippen LogP contribution in [0.4, 0.5) is 0 Å². The molecule has 0 saturated heterocycles. The molecule has 1 aliphatic rings. The van der Waals surface area contributed by atoms with Crippen molar-refractivity contribution in [2.45, 2.75) is 25.4 Å². The fourth-order valence-corrected chi connectivity index (χ4v) is 3.20. The lowest BCUT2D eigenvalue weighted by atomic mass is 10.1. The molecule has 1 amide bonds. The molecule has 6 heteroatoms. The smallest absolute Gasteiger partial charge is 0.271 e. The van der Waals surface area contributed by atoms with Gasteiger partial charge in [0.05, 0.1) is 11.8 Å². The zero-order valence-corrected chi connectivity index (χ0v) is 13.8. The first-order chi connectivity index (χ1) is 11.0. The summed E-state index contributed by atoms with van der Waals surface area (Å²) in [6.07, 6.45) is 2.53. The summed E-state index contributed by atoms with van der Waals surface area (Å²) in [5.74, 6) is 0.0550. The lowest BCUT2D eigenvalue weighted by Crippen LogP contribution is -2.34. The second-order valence-electron chi connectivity index (χ2n) is 6.12. The van der Waals surface area contributed by atoms with Crippen molar-refractivity contribution >= 4 is 17.5 Å². The van der Waals surface area contributed by atoms with E-state index in [1.165, 1.54) is 0 Å². The summed E-state index contributed by atoms with van der Waals surface area (Å²) in [7, 11) is 1.76. The minimum absolute atomic E-state index is 0.114. The predicted molar refractivity (Wildman–Crippen MR) is 89.3 cm³/mol. The quantitative estimate of drug-likeness (QED) is 0.903. The molecule has 5 nitrogen and oxygen atoms in total. The van der Waals surface area contributed by atoms with Crippen LogP contribution in [0.15, 0.2) is 30.3 Å². The van der Waals surface area contributed by atoms with Crippen molar-refractivity contribution in [3.63, 3.8) is 0 Å². The molecular formula is C17H20ClN3O2. The maximum absolute atomic E-state index is 12.5. The number of halogens is 1. The number of nitrogens with zero attached hydrogens (tertiary/aromatic N) is 2. The fraction of sp³-hybridized carbons (Fsp3) is 0.412. The van der Waals surface area contributed by atoms with Gasteiger partial charge < -0.3 is 10.0 Å². The molecule has 2 N–H and O–H groups in total. The van der Waals surface area contributed by atoms with E-state index < -0.39 is 0 Å². The van der Waals surface area contributed by atoms with Gasteiger partial charge in [-0.25, -0.2) is 0 Å². The summed E-state index contributed by atoms with van der Waals surface area (Å²) in [4.78, 5) is 14.1. The first-order valence-electron chi connectivity index (χ1n) is 7.79. The van der Waals surface area contributed by atoms with Crippen LogP contribution in [0.3, 0.4) is 0 Å². The second kappa shape index (κ2) is 6.72. The van der Waals surface area contributed by atoms with Crippen LogP contribution >= 0.6 is 11.6 Å². The largest absolute Gasteiger partial charge is 0.393 e. The van der Waals surface area contributed by atoms with Gasteiger partial charge in [0.1, 0.15) is 5.69 Å². The van der Waals surface area contributed by atoms with Gasteiger partial charge >= 0.3 is 0 Å². The van der Waals surface area contributed by atoms with Gasteiger partial charge in [-0.15, -0.1) is 0 Å². The number of amides is 1. The molecule has 1 aromatic carbocycles. The van der Waals surface area contributed by atoms with Crippen LogP contribution in [0.5, 0.6) is 0 Å². The molecule has 0 aliphatic heterocycles. The van der Waals surface area contributed by atoms with E-state index in [2.05, 4.69) is 10.2 Å². The second-order valence-corrected chi connectivity index (χ2v) is 6.55. The van der Waals surface area contributed by atoms with Gasteiger partial charge in [-0.05, 0) is 31.0 Å². The number of hydrogen-bond donors (Lipinski definition) is 2. The van der Waals surface area contributed by atoms with Crippen LogP contribution < -0.4 is 0 Å². The monoisotopic (exact) mass is 333 g/mol. The summed E-state index contributed by atoms with van der Waals surface area (Å²) in [6, 6.07) is 9.06. The molecule has 1 aromatic heterocycles. The standard InChI is InChI=1S/C17H20ClN3O2/c1-21(10-12-3-2-4-16(12)22)17(23)15-9-14(19-20-15)11-5-7-13(18)8-6-11/h5-9,12,16,22H,2-4,10H2,1H3,(H,19,20). The number of carbonyl (C=O) groups excluding carboxylic acids is 1. The van der Waals surface area contributed by atoms with Crippen molar-refractivity contribution in [3.05, 3.63) is 41.0 Å². The molecule has 2 atom stereocenters. The van der Waals surface area contributed by atoms with E-state index in [1.807, 2.05) is 12.1 Å². The SMILES string of the molecule is CN(CC1CCCC1O)C(=O)c1cc(-c2ccc(Cl)cc2)n[nH]1. The van der Waals surface area contributed by atoms with Gasteiger partial charge in [0.25, 0.3) is 5.91 Å². The normalized spacial score (nSPS) is 20.7. The summed E-state index contributed by atoms with van der Waals surface area (Å²) in [5, 5.41) is 17.6. The summed E-state index contributed by atoms with van der Waals surface area (Å²) in [6.45, 7) is 0.565. The average Bonchev–Trinajstić information content (AvgIpc) is 3.17. The molecule has 0 radical (unpaired) electrons. The van der Waals surface area contributed by atoms with E-state index >= 15 is 0 Å². The van der Waals surface area contributed by atoms with Crippen molar-refractivity contribution in [2.24, 2.45) is 5.92 Å². The van der Waals surface area contributed by atoms with Crippen molar-refractivity contribution in [2.75, 3.05) is 13.6 Å². The van der Waals surface area contributed by atoms with Gasteiger partial charge in [-0.3, -0.25) is 9.89 Å². The molecule has 0 bridgehead atoms. The molecular weight excluding hydrogens is 314 g/mol. The van der Waals surface area contributed by atoms with Crippen LogP contribution in [0.2, 0.25) is 5.02 Å².